The molecule has 0 saturated heterocycles. The number of aromatic nitrogens is 5. The van der Waals surface area contributed by atoms with E-state index in [1.54, 1.807) is 41.9 Å². The Morgan fingerprint density at radius 3 is 2.68 bits per heavy atom. The first-order valence-corrected chi connectivity index (χ1v) is 11.5. The zero-order chi connectivity index (χ0) is 23.8. The van der Waals surface area contributed by atoms with Crippen LogP contribution in [0.15, 0.2) is 68.0 Å². The topological polar surface area (TPSA) is 70.2 Å². The molecule has 2 N–H and O–H groups in total. The number of imidazole rings is 1. The van der Waals surface area contributed by atoms with Crippen LogP contribution in [0, 0.1) is 0 Å². The van der Waals surface area contributed by atoms with E-state index in [0.717, 1.165) is 31.9 Å². The quantitative estimate of drug-likeness (QED) is 0.348. The van der Waals surface area contributed by atoms with Crippen molar-refractivity contribution in [3.8, 4) is 22.0 Å². The first-order chi connectivity index (χ1) is 16.5. The molecule has 4 aromatic heterocycles. The predicted octanol–water partition coefficient (Wildman–Crippen LogP) is 5.70. The molecule has 0 spiro atoms. The highest BCUT2D eigenvalue weighted by molar-refractivity contribution is 7.16. The van der Waals surface area contributed by atoms with Gasteiger partial charge in [0.2, 0.25) is 0 Å². The van der Waals surface area contributed by atoms with E-state index >= 15 is 4.39 Å². The third-order valence-corrected chi connectivity index (χ3v) is 6.89. The SMILES string of the molecule is C=C(/C(F)=c1/c(-c2nc3c(-c4ccc(C(=C)C)s4)cccc3[nH]2)n[nH]/c1=C/C)c1cccnc1. The highest BCUT2D eigenvalue weighted by atomic mass is 32.1. The Morgan fingerprint density at radius 1 is 1.12 bits per heavy atom. The summed E-state index contributed by atoms with van der Waals surface area (Å²) in [5, 5.41) is 8.20. The molecule has 0 fully saturated rings. The van der Waals surface area contributed by atoms with Crippen molar-refractivity contribution in [1.82, 2.24) is 25.1 Å². The van der Waals surface area contributed by atoms with E-state index in [9.17, 15) is 0 Å². The van der Waals surface area contributed by atoms with Gasteiger partial charge in [0.05, 0.1) is 21.6 Å². The van der Waals surface area contributed by atoms with Crippen LogP contribution in [0.2, 0.25) is 0 Å². The van der Waals surface area contributed by atoms with Gasteiger partial charge < -0.3 is 4.98 Å². The number of nitrogens with one attached hydrogen (secondary N) is 2. The summed E-state index contributed by atoms with van der Waals surface area (Å²) in [6.07, 6.45) is 5.01. The van der Waals surface area contributed by atoms with Crippen LogP contribution in [0.3, 0.4) is 0 Å². The number of thiophene rings is 1. The molecule has 0 aliphatic carbocycles. The zero-order valence-corrected chi connectivity index (χ0v) is 19.6. The van der Waals surface area contributed by atoms with E-state index in [0.29, 0.717) is 27.6 Å². The molecule has 0 atom stereocenters. The van der Waals surface area contributed by atoms with Crippen LogP contribution in [-0.2, 0) is 0 Å². The number of hydrogen-bond donors (Lipinski definition) is 2. The van der Waals surface area contributed by atoms with Gasteiger partial charge >= 0.3 is 0 Å². The van der Waals surface area contributed by atoms with Gasteiger partial charge in [-0.15, -0.1) is 11.3 Å². The highest BCUT2D eigenvalue weighted by Gasteiger charge is 2.18. The van der Waals surface area contributed by atoms with Gasteiger partial charge in [-0.05, 0) is 43.7 Å². The standard InChI is InChI=1S/C27H22FN5S/c1-5-19-23(24(28)16(4)17-8-7-13-29-14-17)26(33-32-19)27-30-20-10-6-9-18(25(20)31-27)22-12-11-21(34-22)15(2)3/h5-14,32H,2,4H2,1,3H3,(H,30,31)/b19-5+,24-23-. The molecule has 0 bridgehead atoms. The summed E-state index contributed by atoms with van der Waals surface area (Å²) in [5.74, 6) is 0.00232. The fraction of sp³-hybridized carbons (Fsp3) is 0.0741. The fourth-order valence-corrected chi connectivity index (χ4v) is 4.79. The van der Waals surface area contributed by atoms with Gasteiger partial charge in [0.15, 0.2) is 5.82 Å². The van der Waals surface area contributed by atoms with Gasteiger partial charge in [-0.1, -0.05) is 37.4 Å². The molecular formula is C27H22FN5S. The van der Waals surface area contributed by atoms with Crippen LogP contribution in [-0.4, -0.2) is 25.1 Å². The van der Waals surface area contributed by atoms with Crippen LogP contribution < -0.4 is 10.6 Å². The molecule has 0 amide bonds. The first kappa shape index (κ1) is 21.7. The molecule has 7 heteroatoms. The molecule has 5 nitrogen and oxygen atoms in total. The zero-order valence-electron chi connectivity index (χ0n) is 18.8. The Bertz CT molecular complexity index is 1670. The monoisotopic (exact) mass is 467 g/mol. The molecule has 4 heterocycles. The molecule has 5 rings (SSSR count). The highest BCUT2D eigenvalue weighted by Crippen LogP contribution is 2.35. The summed E-state index contributed by atoms with van der Waals surface area (Å²) in [4.78, 5) is 14.5. The number of nitrogens with zero attached hydrogens (tertiary/aromatic N) is 3. The van der Waals surface area contributed by atoms with E-state index in [1.165, 1.54) is 0 Å². The number of halogens is 1. The lowest BCUT2D eigenvalue weighted by Gasteiger charge is -2.02. The van der Waals surface area contributed by atoms with Crippen LogP contribution in [0.4, 0.5) is 4.39 Å². The number of fused-ring (bicyclic) bond motifs is 1. The minimum atomic E-state index is -0.477. The van der Waals surface area contributed by atoms with Crippen molar-refractivity contribution in [3.05, 3.63) is 89.0 Å². The number of benzene rings is 1. The van der Waals surface area contributed by atoms with E-state index < -0.39 is 5.83 Å². The lowest BCUT2D eigenvalue weighted by molar-refractivity contribution is 0.764. The molecule has 0 saturated carbocycles. The number of allylic oxidation sites excluding steroid dienone is 2. The molecule has 0 aliphatic rings. The predicted molar refractivity (Wildman–Crippen MR) is 139 cm³/mol. The van der Waals surface area contributed by atoms with Crippen molar-refractivity contribution < 1.29 is 4.39 Å². The molecule has 0 radical (unpaired) electrons. The van der Waals surface area contributed by atoms with Crippen LogP contribution >= 0.6 is 11.3 Å². The Hall–Kier alpha value is -4.10. The van der Waals surface area contributed by atoms with Crippen LogP contribution in [0.5, 0.6) is 0 Å². The Morgan fingerprint density at radius 2 is 1.97 bits per heavy atom. The van der Waals surface area contributed by atoms with E-state index in [2.05, 4.69) is 45.5 Å². The van der Waals surface area contributed by atoms with E-state index in [1.807, 2.05) is 32.0 Å². The largest absolute Gasteiger partial charge is 0.337 e. The van der Waals surface area contributed by atoms with E-state index in [-0.39, 0.29) is 5.57 Å². The number of pyridine rings is 1. The second kappa shape index (κ2) is 8.68. The molecular weight excluding hydrogens is 445 g/mol. The van der Waals surface area contributed by atoms with Crippen molar-refractivity contribution in [2.75, 3.05) is 0 Å². The van der Waals surface area contributed by atoms with E-state index in [4.69, 9.17) is 4.98 Å². The minimum Gasteiger partial charge on any atom is -0.337 e. The summed E-state index contributed by atoms with van der Waals surface area (Å²) < 4.78 is 15.8. The average Bonchev–Trinajstić information content (AvgIpc) is 3.60. The van der Waals surface area contributed by atoms with Crippen LogP contribution in [0.1, 0.15) is 24.3 Å². The normalized spacial score (nSPS) is 12.9. The van der Waals surface area contributed by atoms with Gasteiger partial charge in [0.25, 0.3) is 0 Å². The summed E-state index contributed by atoms with van der Waals surface area (Å²) in [5.41, 5.74) is 4.91. The first-order valence-electron chi connectivity index (χ1n) is 10.7. The Labute approximate surface area is 199 Å². The number of aromatic amines is 2. The fourth-order valence-electron chi connectivity index (χ4n) is 3.83. The van der Waals surface area contributed by atoms with Gasteiger partial charge in [-0.25, -0.2) is 9.37 Å². The molecule has 5 aromatic rings. The number of H-pyrrole nitrogens is 2. The van der Waals surface area contributed by atoms with Crippen molar-refractivity contribution in [2.24, 2.45) is 0 Å². The van der Waals surface area contributed by atoms with Gasteiger partial charge in [-0.3, -0.25) is 10.1 Å². The third-order valence-electron chi connectivity index (χ3n) is 5.61. The summed E-state index contributed by atoms with van der Waals surface area (Å²) >= 11 is 1.67. The number of para-hydroxylation sites is 1. The smallest absolute Gasteiger partial charge is 0.159 e. The maximum atomic E-state index is 15.8. The van der Waals surface area contributed by atoms with Crippen molar-refractivity contribution in [1.29, 1.82) is 0 Å². The van der Waals surface area contributed by atoms with Gasteiger partial charge in [-0.2, -0.15) is 5.10 Å². The second-order valence-electron chi connectivity index (χ2n) is 7.92. The van der Waals surface area contributed by atoms with Gasteiger partial charge in [0.1, 0.15) is 11.5 Å². The second-order valence-corrected chi connectivity index (χ2v) is 9.00. The lowest BCUT2D eigenvalue weighted by atomic mass is 10.1. The summed E-state index contributed by atoms with van der Waals surface area (Å²) in [6.45, 7) is 11.8. The average molecular weight is 468 g/mol. The maximum absolute atomic E-state index is 15.8. The van der Waals surface area contributed by atoms with Gasteiger partial charge in [0, 0.05) is 38.8 Å². The van der Waals surface area contributed by atoms with Crippen molar-refractivity contribution >= 4 is 45.4 Å². The number of rotatable bonds is 5. The molecule has 1 aromatic carbocycles. The summed E-state index contributed by atoms with van der Waals surface area (Å²) in [6, 6.07) is 13.6. The maximum Gasteiger partial charge on any atom is 0.159 e. The Balaban J connectivity index is 1.69. The molecule has 168 valence electrons. The third kappa shape index (κ3) is 3.70. The molecule has 0 unspecified atom stereocenters. The lowest BCUT2D eigenvalue weighted by Crippen LogP contribution is -2.26. The number of hydrogen-bond acceptors (Lipinski definition) is 4. The van der Waals surface area contributed by atoms with Crippen molar-refractivity contribution in [2.45, 2.75) is 13.8 Å². The van der Waals surface area contributed by atoms with Crippen molar-refractivity contribution in [3.63, 3.8) is 0 Å². The molecule has 0 aliphatic heterocycles. The Kier molecular flexibility index (Phi) is 5.55. The van der Waals surface area contributed by atoms with Crippen LogP contribution in [0.25, 0.3) is 56.0 Å². The molecule has 34 heavy (non-hydrogen) atoms. The summed E-state index contributed by atoms with van der Waals surface area (Å²) in [7, 11) is 0. The minimum absolute atomic E-state index is 0.238.